The average Bonchev–Trinajstić information content (AvgIpc) is 2.63. The second kappa shape index (κ2) is 12.1. The Kier molecular flexibility index (Phi) is 10.6. The highest BCUT2D eigenvalue weighted by molar-refractivity contribution is 14.1. The third-order valence-corrected chi connectivity index (χ3v) is 4.57. The second-order valence-corrected chi connectivity index (χ2v) is 6.92. The van der Waals surface area contributed by atoms with Gasteiger partial charge in [0.15, 0.2) is 12.6 Å². The highest BCUT2D eigenvalue weighted by atomic mass is 127. The highest BCUT2D eigenvalue weighted by Crippen LogP contribution is 2.41. The van der Waals surface area contributed by atoms with Gasteiger partial charge in [-0.05, 0) is 57.2 Å². The molecular formula is C20H29IO7. The average molecular weight is 508 g/mol. The molecule has 1 aromatic carbocycles. The number of methoxy groups -OCH3 is 1. The molecule has 0 radical (unpaired) electrons. The Balaban J connectivity index is 3.34. The number of ether oxygens (including phenoxy) is 6. The van der Waals surface area contributed by atoms with Crippen molar-refractivity contribution in [2.75, 3.05) is 20.3 Å². The van der Waals surface area contributed by atoms with Crippen LogP contribution in [0, 0.1) is 3.57 Å². The minimum Gasteiger partial charge on any atom is -0.496 e. The van der Waals surface area contributed by atoms with Gasteiger partial charge in [0.1, 0.15) is 23.9 Å². The van der Waals surface area contributed by atoms with Crippen molar-refractivity contribution in [3.05, 3.63) is 27.4 Å². The van der Waals surface area contributed by atoms with Gasteiger partial charge in [-0.3, -0.25) is 0 Å². The van der Waals surface area contributed by atoms with E-state index < -0.39 is 18.5 Å². The van der Waals surface area contributed by atoms with Crippen molar-refractivity contribution in [3.8, 4) is 17.2 Å². The van der Waals surface area contributed by atoms with Gasteiger partial charge in [-0.15, -0.1) is 0 Å². The summed E-state index contributed by atoms with van der Waals surface area (Å²) in [5.74, 6) is 0.972. The first-order chi connectivity index (χ1) is 13.2. The van der Waals surface area contributed by atoms with Crippen LogP contribution >= 0.6 is 22.6 Å². The number of hydrogen-bond acceptors (Lipinski definition) is 7. The van der Waals surface area contributed by atoms with Crippen LogP contribution in [-0.2, 0) is 25.6 Å². The quantitative estimate of drug-likeness (QED) is 0.179. The largest absolute Gasteiger partial charge is 0.496 e. The summed E-state index contributed by atoms with van der Waals surface area (Å²) < 4.78 is 34.3. The van der Waals surface area contributed by atoms with E-state index in [9.17, 15) is 4.79 Å². The van der Waals surface area contributed by atoms with Gasteiger partial charge in [0, 0.05) is 24.9 Å². The Bertz CT molecular complexity index is 675. The van der Waals surface area contributed by atoms with Crippen molar-refractivity contribution in [1.29, 1.82) is 0 Å². The Morgan fingerprint density at radius 3 is 2.18 bits per heavy atom. The smallest absolute Gasteiger partial charge is 0.333 e. The zero-order valence-corrected chi connectivity index (χ0v) is 19.5. The summed E-state index contributed by atoms with van der Waals surface area (Å²) in [6.07, 6.45) is -0.967. The third kappa shape index (κ3) is 7.14. The molecule has 0 N–H and O–H groups in total. The van der Waals surface area contributed by atoms with Gasteiger partial charge >= 0.3 is 5.97 Å². The standard InChI is InChI=1S/C20H29IO7/c1-8-24-13(5)27-17-10-16(23-7)15(11-26-20(22)12(3)4)19(18(17)21)28-14(6)25-9-2/h10,13-14H,3,8-9,11H2,1-2,4-7H3. The lowest BCUT2D eigenvalue weighted by Crippen LogP contribution is -2.20. The summed E-state index contributed by atoms with van der Waals surface area (Å²) in [7, 11) is 1.53. The number of rotatable bonds is 12. The molecule has 0 amide bonds. The molecule has 0 aromatic heterocycles. The van der Waals surface area contributed by atoms with E-state index in [1.165, 1.54) is 7.11 Å². The summed E-state index contributed by atoms with van der Waals surface area (Å²) >= 11 is 2.12. The van der Waals surface area contributed by atoms with Gasteiger partial charge in [0.05, 0.1) is 16.2 Å². The lowest BCUT2D eigenvalue weighted by Gasteiger charge is -2.23. The van der Waals surface area contributed by atoms with E-state index >= 15 is 0 Å². The van der Waals surface area contributed by atoms with Crippen molar-refractivity contribution >= 4 is 28.6 Å². The molecule has 0 fully saturated rings. The van der Waals surface area contributed by atoms with Crippen molar-refractivity contribution in [1.82, 2.24) is 0 Å². The molecule has 0 aliphatic heterocycles. The van der Waals surface area contributed by atoms with Gasteiger partial charge in [0.25, 0.3) is 0 Å². The van der Waals surface area contributed by atoms with Gasteiger partial charge in [-0.2, -0.15) is 0 Å². The van der Waals surface area contributed by atoms with Crippen LogP contribution in [-0.4, -0.2) is 38.9 Å². The fourth-order valence-corrected chi connectivity index (χ4v) is 3.03. The topological polar surface area (TPSA) is 72.5 Å². The SMILES string of the molecule is C=C(C)C(=O)OCc1c(OC)cc(OC(C)OCC)c(I)c1OC(C)OCC. The normalized spacial score (nSPS) is 12.8. The minimum absolute atomic E-state index is 0.0413. The molecule has 158 valence electrons. The Labute approximate surface area is 180 Å². The van der Waals surface area contributed by atoms with Gasteiger partial charge in [0.2, 0.25) is 0 Å². The zero-order valence-electron chi connectivity index (χ0n) is 17.3. The van der Waals surface area contributed by atoms with E-state index in [1.54, 1.807) is 26.8 Å². The molecule has 28 heavy (non-hydrogen) atoms. The molecule has 7 nitrogen and oxygen atoms in total. The molecule has 2 atom stereocenters. The molecule has 0 aliphatic carbocycles. The first-order valence-corrected chi connectivity index (χ1v) is 10.1. The van der Waals surface area contributed by atoms with E-state index in [2.05, 4.69) is 29.2 Å². The lowest BCUT2D eigenvalue weighted by atomic mass is 10.1. The van der Waals surface area contributed by atoms with E-state index in [0.29, 0.717) is 45.2 Å². The molecule has 1 rings (SSSR count). The summed E-state index contributed by atoms with van der Waals surface area (Å²) in [4.78, 5) is 11.8. The van der Waals surface area contributed by atoms with Gasteiger partial charge in [-0.25, -0.2) is 4.79 Å². The van der Waals surface area contributed by atoms with Crippen molar-refractivity contribution < 1.29 is 33.2 Å². The van der Waals surface area contributed by atoms with Crippen LogP contribution in [0.4, 0.5) is 0 Å². The Hall–Kier alpha value is -1.52. The fraction of sp³-hybridized carbons (Fsp3) is 0.550. The van der Waals surface area contributed by atoms with Crippen LogP contribution in [0.3, 0.4) is 0 Å². The molecule has 1 aromatic rings. The highest BCUT2D eigenvalue weighted by Gasteiger charge is 2.24. The Morgan fingerprint density at radius 1 is 1.11 bits per heavy atom. The predicted molar refractivity (Wildman–Crippen MR) is 114 cm³/mol. The van der Waals surface area contributed by atoms with E-state index in [-0.39, 0.29) is 6.61 Å². The van der Waals surface area contributed by atoms with Gasteiger partial charge < -0.3 is 28.4 Å². The lowest BCUT2D eigenvalue weighted by molar-refractivity contribution is -0.140. The number of benzene rings is 1. The summed E-state index contributed by atoms with van der Waals surface area (Å²) in [6, 6.07) is 1.72. The summed E-state index contributed by atoms with van der Waals surface area (Å²) in [5, 5.41) is 0. The molecule has 0 saturated carbocycles. The third-order valence-electron chi connectivity index (χ3n) is 3.54. The van der Waals surface area contributed by atoms with Gasteiger partial charge in [-0.1, -0.05) is 6.58 Å². The van der Waals surface area contributed by atoms with Crippen molar-refractivity contribution in [3.63, 3.8) is 0 Å². The van der Waals surface area contributed by atoms with Crippen LogP contribution in [0.1, 0.15) is 40.2 Å². The first-order valence-electron chi connectivity index (χ1n) is 9.03. The summed E-state index contributed by atoms with van der Waals surface area (Å²) in [6.45, 7) is 13.5. The molecule has 0 spiro atoms. The molecule has 0 aliphatic rings. The molecule has 8 heteroatoms. The van der Waals surface area contributed by atoms with Crippen LogP contribution in [0.15, 0.2) is 18.2 Å². The fourth-order valence-electron chi connectivity index (χ4n) is 2.30. The van der Waals surface area contributed by atoms with E-state index in [0.717, 1.165) is 0 Å². The number of hydrogen-bond donors (Lipinski definition) is 0. The molecule has 2 unspecified atom stereocenters. The maximum absolute atomic E-state index is 11.8. The second-order valence-electron chi connectivity index (χ2n) is 5.84. The Morgan fingerprint density at radius 2 is 1.68 bits per heavy atom. The summed E-state index contributed by atoms with van der Waals surface area (Å²) in [5.41, 5.74) is 0.883. The van der Waals surface area contributed by atoms with E-state index in [4.69, 9.17) is 28.4 Å². The molecular weight excluding hydrogens is 479 g/mol. The van der Waals surface area contributed by atoms with Crippen molar-refractivity contribution in [2.45, 2.75) is 53.8 Å². The number of carbonyl (C=O) groups excluding carboxylic acids is 1. The predicted octanol–water partition coefficient (Wildman–Crippen LogP) is 4.44. The van der Waals surface area contributed by atoms with Crippen LogP contribution in [0.2, 0.25) is 0 Å². The minimum atomic E-state index is -0.515. The van der Waals surface area contributed by atoms with Crippen LogP contribution in [0.25, 0.3) is 0 Å². The number of esters is 1. The molecule has 0 bridgehead atoms. The van der Waals surface area contributed by atoms with Crippen LogP contribution in [0.5, 0.6) is 17.2 Å². The van der Waals surface area contributed by atoms with Crippen LogP contribution < -0.4 is 14.2 Å². The first kappa shape index (κ1) is 24.5. The molecule has 0 saturated heterocycles. The number of carbonyl (C=O) groups is 1. The number of halogens is 1. The maximum atomic E-state index is 11.8. The molecule has 0 heterocycles. The van der Waals surface area contributed by atoms with E-state index in [1.807, 2.05) is 13.8 Å². The monoisotopic (exact) mass is 508 g/mol. The zero-order chi connectivity index (χ0) is 21.3. The van der Waals surface area contributed by atoms with Crippen molar-refractivity contribution in [2.24, 2.45) is 0 Å². The maximum Gasteiger partial charge on any atom is 0.333 e.